The van der Waals surface area contributed by atoms with Gasteiger partial charge >= 0.3 is 0 Å². The van der Waals surface area contributed by atoms with Crippen LogP contribution in [-0.4, -0.2) is 52.8 Å². The standard InChI is InChI=1S/C27H31Cl2N5O3/c28-19-7-6-16-12-20(33-23(16)22(19)29)26(37)34-15-27(8-2-1-3-9-27)13-21(34)25(36)32-18(14-30)11-17-5-4-10-31-24(17)35/h6-7,12,17-18,21,33H,1-5,8-11,13,15H2,(H,31,35)(H,32,36)/t17-,18-,21-/m0/s1. The number of hydrogen-bond acceptors (Lipinski definition) is 4. The highest BCUT2D eigenvalue weighted by Gasteiger charge is 2.49. The summed E-state index contributed by atoms with van der Waals surface area (Å²) in [6.07, 6.45) is 7.65. The van der Waals surface area contributed by atoms with Crippen LogP contribution in [-0.2, 0) is 9.59 Å². The lowest BCUT2D eigenvalue weighted by molar-refractivity contribution is -0.128. The highest BCUT2D eigenvalue weighted by Crippen LogP contribution is 2.47. The van der Waals surface area contributed by atoms with Crippen LogP contribution in [0.15, 0.2) is 18.2 Å². The van der Waals surface area contributed by atoms with Gasteiger partial charge in [-0.2, -0.15) is 5.26 Å². The molecule has 1 spiro atoms. The average molecular weight is 544 g/mol. The summed E-state index contributed by atoms with van der Waals surface area (Å²) in [5.41, 5.74) is 0.829. The van der Waals surface area contributed by atoms with Crippen LogP contribution < -0.4 is 10.6 Å². The fourth-order valence-electron chi connectivity index (χ4n) is 6.33. The third-order valence-electron chi connectivity index (χ3n) is 8.29. The molecule has 0 radical (unpaired) electrons. The Hall–Kier alpha value is -2.76. The van der Waals surface area contributed by atoms with Crippen molar-refractivity contribution < 1.29 is 14.4 Å². The Morgan fingerprint density at radius 1 is 1.22 bits per heavy atom. The molecular formula is C27H31Cl2N5O3. The molecule has 1 aromatic heterocycles. The minimum absolute atomic E-state index is 0.0721. The number of rotatable bonds is 5. The van der Waals surface area contributed by atoms with Crippen LogP contribution in [0.1, 0.15) is 68.3 Å². The van der Waals surface area contributed by atoms with Crippen LogP contribution in [0.5, 0.6) is 0 Å². The maximum absolute atomic E-state index is 13.8. The SMILES string of the molecule is N#C[C@H](C[C@@H]1CCCNC1=O)NC(=O)[C@@H]1CC2(CCCCC2)CN1C(=O)c1cc2ccc(Cl)c(Cl)c2[nH]1. The first-order valence-corrected chi connectivity index (χ1v) is 13.8. The van der Waals surface area contributed by atoms with E-state index in [0.29, 0.717) is 47.2 Å². The van der Waals surface area contributed by atoms with Crippen molar-refractivity contribution in [1.82, 2.24) is 20.5 Å². The fourth-order valence-corrected chi connectivity index (χ4v) is 6.71. The Morgan fingerprint density at radius 3 is 2.73 bits per heavy atom. The molecule has 3 aliphatic rings. The Bertz CT molecular complexity index is 1260. The van der Waals surface area contributed by atoms with E-state index < -0.39 is 12.1 Å². The Morgan fingerprint density at radius 2 is 2.00 bits per heavy atom. The molecule has 1 aromatic carbocycles. The van der Waals surface area contributed by atoms with Crippen molar-refractivity contribution in [1.29, 1.82) is 5.26 Å². The van der Waals surface area contributed by atoms with Crippen molar-refractivity contribution in [2.24, 2.45) is 11.3 Å². The molecule has 10 heteroatoms. The molecule has 3 fully saturated rings. The highest BCUT2D eigenvalue weighted by molar-refractivity contribution is 6.45. The van der Waals surface area contributed by atoms with Gasteiger partial charge in [0.2, 0.25) is 11.8 Å². The lowest BCUT2D eigenvalue weighted by Gasteiger charge is -2.32. The van der Waals surface area contributed by atoms with Crippen molar-refractivity contribution in [3.05, 3.63) is 33.9 Å². The fraction of sp³-hybridized carbons (Fsp3) is 0.556. The number of fused-ring (bicyclic) bond motifs is 1. The largest absolute Gasteiger partial charge is 0.356 e. The quantitative estimate of drug-likeness (QED) is 0.511. The molecule has 5 rings (SSSR count). The van der Waals surface area contributed by atoms with E-state index in [2.05, 4.69) is 21.7 Å². The van der Waals surface area contributed by atoms with E-state index >= 15 is 0 Å². The molecule has 1 aliphatic carbocycles. The summed E-state index contributed by atoms with van der Waals surface area (Å²) in [4.78, 5) is 44.3. The third-order valence-corrected chi connectivity index (χ3v) is 9.10. The second kappa shape index (κ2) is 10.5. The summed E-state index contributed by atoms with van der Waals surface area (Å²) in [7, 11) is 0. The van der Waals surface area contributed by atoms with E-state index in [1.54, 1.807) is 23.1 Å². The number of amides is 3. The molecule has 2 aromatic rings. The van der Waals surface area contributed by atoms with Crippen LogP contribution in [0.2, 0.25) is 10.0 Å². The topological polar surface area (TPSA) is 118 Å². The van der Waals surface area contributed by atoms with Gasteiger partial charge in [0.15, 0.2) is 0 Å². The van der Waals surface area contributed by atoms with Crippen molar-refractivity contribution >= 4 is 51.8 Å². The number of hydrogen-bond donors (Lipinski definition) is 3. The van der Waals surface area contributed by atoms with Crippen LogP contribution in [0.25, 0.3) is 10.9 Å². The highest BCUT2D eigenvalue weighted by atomic mass is 35.5. The number of aromatic amines is 1. The van der Waals surface area contributed by atoms with E-state index in [4.69, 9.17) is 23.2 Å². The van der Waals surface area contributed by atoms with Crippen molar-refractivity contribution in [2.75, 3.05) is 13.1 Å². The number of piperidine rings is 1. The van der Waals surface area contributed by atoms with E-state index in [1.165, 1.54) is 0 Å². The summed E-state index contributed by atoms with van der Waals surface area (Å²) in [6, 6.07) is 5.89. The lowest BCUT2D eigenvalue weighted by Crippen LogP contribution is -2.49. The molecule has 2 aliphatic heterocycles. The zero-order valence-corrected chi connectivity index (χ0v) is 22.1. The smallest absolute Gasteiger partial charge is 0.271 e. The first-order valence-electron chi connectivity index (χ1n) is 13.1. The number of halogens is 2. The molecule has 0 bridgehead atoms. The molecule has 1 saturated carbocycles. The molecule has 3 amide bonds. The van der Waals surface area contributed by atoms with Gasteiger partial charge < -0.3 is 20.5 Å². The van der Waals surface area contributed by atoms with Gasteiger partial charge in [-0.3, -0.25) is 14.4 Å². The summed E-state index contributed by atoms with van der Waals surface area (Å²) in [5.74, 6) is -0.980. The van der Waals surface area contributed by atoms with Gasteiger partial charge in [0, 0.05) is 24.4 Å². The molecule has 2 saturated heterocycles. The Labute approximate surface area is 226 Å². The molecule has 8 nitrogen and oxygen atoms in total. The maximum atomic E-state index is 13.8. The number of benzene rings is 1. The first kappa shape index (κ1) is 25.9. The number of H-pyrrole nitrogens is 1. The number of nitrogens with one attached hydrogen (secondary N) is 3. The molecule has 37 heavy (non-hydrogen) atoms. The van der Waals surface area contributed by atoms with Gasteiger partial charge in [-0.25, -0.2) is 0 Å². The minimum Gasteiger partial charge on any atom is -0.356 e. The van der Waals surface area contributed by atoms with Gasteiger partial charge in [-0.15, -0.1) is 0 Å². The number of carbonyl (C=O) groups is 3. The number of aromatic nitrogens is 1. The number of carbonyl (C=O) groups excluding carboxylic acids is 3. The minimum atomic E-state index is -0.796. The van der Waals surface area contributed by atoms with Gasteiger partial charge in [-0.1, -0.05) is 48.5 Å². The predicted octanol–water partition coefficient (Wildman–Crippen LogP) is 4.56. The zero-order chi connectivity index (χ0) is 26.2. The molecule has 196 valence electrons. The van der Waals surface area contributed by atoms with Gasteiger partial charge in [0.05, 0.1) is 21.6 Å². The molecule has 3 atom stereocenters. The van der Waals surface area contributed by atoms with Gasteiger partial charge in [0.1, 0.15) is 17.8 Å². The lowest BCUT2D eigenvalue weighted by atomic mass is 9.72. The van der Waals surface area contributed by atoms with Crippen molar-refractivity contribution in [3.63, 3.8) is 0 Å². The van der Waals surface area contributed by atoms with E-state index in [9.17, 15) is 19.6 Å². The van der Waals surface area contributed by atoms with Crippen molar-refractivity contribution in [3.8, 4) is 6.07 Å². The number of nitriles is 1. The predicted molar refractivity (Wildman–Crippen MR) is 141 cm³/mol. The summed E-state index contributed by atoms with van der Waals surface area (Å²) >= 11 is 12.5. The molecule has 0 unspecified atom stereocenters. The van der Waals surface area contributed by atoms with Crippen LogP contribution in [0.4, 0.5) is 0 Å². The zero-order valence-electron chi connectivity index (χ0n) is 20.6. The van der Waals surface area contributed by atoms with Crippen molar-refractivity contribution in [2.45, 2.75) is 69.9 Å². The van der Waals surface area contributed by atoms with Crippen LogP contribution in [0.3, 0.4) is 0 Å². The van der Waals surface area contributed by atoms with E-state index in [0.717, 1.165) is 43.9 Å². The second-order valence-corrected chi connectivity index (χ2v) is 11.6. The molecular weight excluding hydrogens is 513 g/mol. The van der Waals surface area contributed by atoms with Gasteiger partial charge in [0.25, 0.3) is 5.91 Å². The Kier molecular flexibility index (Phi) is 7.37. The summed E-state index contributed by atoms with van der Waals surface area (Å²) in [5, 5.41) is 16.9. The second-order valence-electron chi connectivity index (χ2n) is 10.8. The first-order chi connectivity index (χ1) is 17.8. The number of likely N-dealkylation sites (tertiary alicyclic amines) is 1. The Balaban J connectivity index is 1.38. The van der Waals surface area contributed by atoms with Crippen LogP contribution in [0, 0.1) is 22.7 Å². The van der Waals surface area contributed by atoms with E-state index in [1.807, 2.05) is 0 Å². The maximum Gasteiger partial charge on any atom is 0.271 e. The summed E-state index contributed by atoms with van der Waals surface area (Å²) < 4.78 is 0. The average Bonchev–Trinajstić information content (AvgIpc) is 3.50. The third kappa shape index (κ3) is 5.17. The van der Waals surface area contributed by atoms with Gasteiger partial charge in [-0.05, 0) is 56.1 Å². The molecule has 3 heterocycles. The van der Waals surface area contributed by atoms with E-state index in [-0.39, 0.29) is 35.5 Å². The van der Waals surface area contributed by atoms with Crippen LogP contribution >= 0.6 is 23.2 Å². The normalized spacial score (nSPS) is 24.0. The summed E-state index contributed by atoms with van der Waals surface area (Å²) in [6.45, 7) is 1.14. The monoisotopic (exact) mass is 543 g/mol. The number of nitrogens with zero attached hydrogens (tertiary/aromatic N) is 2. The molecule has 3 N–H and O–H groups in total.